The van der Waals surface area contributed by atoms with Gasteiger partial charge in [-0.25, -0.2) is 13.1 Å². The van der Waals surface area contributed by atoms with Crippen LogP contribution < -0.4 is 4.72 Å². The number of sulfonamides is 1. The molecule has 1 aromatic heterocycles. The van der Waals surface area contributed by atoms with Gasteiger partial charge in [-0.3, -0.25) is 4.79 Å². The second-order valence-electron chi connectivity index (χ2n) is 5.60. The summed E-state index contributed by atoms with van der Waals surface area (Å²) >= 11 is 1.32. The molecule has 2 rings (SSSR count). The Balaban J connectivity index is 2.02. The lowest BCUT2D eigenvalue weighted by molar-refractivity contribution is -0.130. The van der Waals surface area contributed by atoms with Gasteiger partial charge in [-0.15, -0.1) is 11.3 Å². The number of hydrogen-bond acceptors (Lipinski definition) is 4. The molecular weight excluding hydrogens is 320 g/mol. The third-order valence-electron chi connectivity index (χ3n) is 3.87. The molecule has 124 valence electrons. The zero-order valence-corrected chi connectivity index (χ0v) is 14.8. The van der Waals surface area contributed by atoms with E-state index in [4.69, 9.17) is 0 Å². The number of rotatable bonds is 6. The van der Waals surface area contributed by atoms with Crippen LogP contribution >= 0.6 is 11.3 Å². The molecule has 0 spiro atoms. The van der Waals surface area contributed by atoms with Gasteiger partial charge in [-0.2, -0.15) is 0 Å². The quantitative estimate of drug-likeness (QED) is 0.861. The standard InChI is InChI=1S/C15H24N2O3S2/c1-3-10-17-11-9-12(5-7-14(17)18)16-22(19,20)15-8-6-13(4-2)21-15/h6,8,12,16H,3-5,7,9-11H2,1-2H3. The smallest absolute Gasteiger partial charge is 0.250 e. The highest BCUT2D eigenvalue weighted by Gasteiger charge is 2.26. The molecule has 0 aliphatic carbocycles. The van der Waals surface area contributed by atoms with Crippen LogP contribution in [-0.4, -0.2) is 38.4 Å². The van der Waals surface area contributed by atoms with E-state index >= 15 is 0 Å². The summed E-state index contributed by atoms with van der Waals surface area (Å²) in [6.45, 7) is 5.43. The van der Waals surface area contributed by atoms with Gasteiger partial charge in [-0.05, 0) is 37.8 Å². The van der Waals surface area contributed by atoms with E-state index in [0.717, 1.165) is 24.3 Å². The average Bonchev–Trinajstić information content (AvgIpc) is 2.91. The molecule has 1 saturated heterocycles. The van der Waals surface area contributed by atoms with Gasteiger partial charge in [0.05, 0.1) is 0 Å². The summed E-state index contributed by atoms with van der Waals surface area (Å²) in [4.78, 5) is 14.9. The molecular formula is C15H24N2O3S2. The van der Waals surface area contributed by atoms with Gasteiger partial charge in [-0.1, -0.05) is 13.8 Å². The zero-order valence-electron chi connectivity index (χ0n) is 13.2. The van der Waals surface area contributed by atoms with Crippen LogP contribution in [0, 0.1) is 0 Å². The van der Waals surface area contributed by atoms with Crippen molar-refractivity contribution in [2.45, 2.75) is 56.2 Å². The fraction of sp³-hybridized carbons (Fsp3) is 0.667. The number of carbonyl (C=O) groups excluding carboxylic acids is 1. The molecule has 7 heteroatoms. The van der Waals surface area contributed by atoms with Gasteiger partial charge in [0.15, 0.2) is 0 Å². The second kappa shape index (κ2) is 7.57. The van der Waals surface area contributed by atoms with E-state index in [2.05, 4.69) is 4.72 Å². The predicted molar refractivity (Wildman–Crippen MR) is 88.5 cm³/mol. The van der Waals surface area contributed by atoms with E-state index in [0.29, 0.717) is 30.0 Å². The van der Waals surface area contributed by atoms with Crippen molar-refractivity contribution in [1.82, 2.24) is 9.62 Å². The largest absolute Gasteiger partial charge is 0.343 e. The maximum Gasteiger partial charge on any atom is 0.250 e. The van der Waals surface area contributed by atoms with Gasteiger partial charge in [0.2, 0.25) is 15.9 Å². The molecule has 1 aliphatic heterocycles. The van der Waals surface area contributed by atoms with Crippen LogP contribution in [0.4, 0.5) is 0 Å². The van der Waals surface area contributed by atoms with E-state index in [1.165, 1.54) is 11.3 Å². The zero-order chi connectivity index (χ0) is 16.2. The minimum absolute atomic E-state index is 0.132. The Morgan fingerprint density at radius 2 is 2.09 bits per heavy atom. The Morgan fingerprint density at radius 1 is 1.32 bits per heavy atom. The van der Waals surface area contributed by atoms with Crippen LogP contribution in [0.25, 0.3) is 0 Å². The van der Waals surface area contributed by atoms with Crippen molar-refractivity contribution in [3.63, 3.8) is 0 Å². The maximum atomic E-state index is 12.4. The summed E-state index contributed by atoms with van der Waals surface area (Å²) in [6, 6.07) is 3.36. The van der Waals surface area contributed by atoms with Gasteiger partial charge in [0.1, 0.15) is 4.21 Å². The molecule has 0 aromatic carbocycles. The summed E-state index contributed by atoms with van der Waals surface area (Å²) in [5, 5.41) is 0. The van der Waals surface area contributed by atoms with Crippen molar-refractivity contribution in [2.75, 3.05) is 13.1 Å². The normalized spacial score (nSPS) is 20.2. The monoisotopic (exact) mass is 344 g/mol. The molecule has 0 saturated carbocycles. The predicted octanol–water partition coefficient (Wildman–Crippen LogP) is 2.38. The van der Waals surface area contributed by atoms with Gasteiger partial charge in [0.25, 0.3) is 0 Å². The molecule has 1 aromatic rings. The molecule has 2 heterocycles. The van der Waals surface area contributed by atoms with Crippen LogP contribution in [0.5, 0.6) is 0 Å². The van der Waals surface area contributed by atoms with Crippen molar-refractivity contribution in [2.24, 2.45) is 0 Å². The number of nitrogens with one attached hydrogen (secondary N) is 1. The van der Waals surface area contributed by atoms with Crippen LogP contribution in [-0.2, 0) is 21.2 Å². The molecule has 1 unspecified atom stereocenters. The Labute approximate surface area is 136 Å². The lowest BCUT2D eigenvalue weighted by Crippen LogP contribution is -2.35. The summed E-state index contributed by atoms with van der Waals surface area (Å²) in [6.07, 6.45) is 3.43. The average molecular weight is 345 g/mol. The van der Waals surface area contributed by atoms with E-state index in [9.17, 15) is 13.2 Å². The van der Waals surface area contributed by atoms with Crippen LogP contribution in [0.2, 0.25) is 0 Å². The molecule has 1 atom stereocenters. The Bertz CT molecular complexity index is 610. The van der Waals surface area contributed by atoms with E-state index in [1.54, 1.807) is 6.07 Å². The number of aryl methyl sites for hydroxylation is 1. The van der Waals surface area contributed by atoms with Crippen LogP contribution in [0.15, 0.2) is 16.3 Å². The van der Waals surface area contributed by atoms with E-state index < -0.39 is 10.0 Å². The van der Waals surface area contributed by atoms with Crippen LogP contribution in [0.3, 0.4) is 0 Å². The van der Waals surface area contributed by atoms with Crippen molar-refractivity contribution in [3.05, 3.63) is 17.0 Å². The van der Waals surface area contributed by atoms with E-state index in [-0.39, 0.29) is 11.9 Å². The number of carbonyl (C=O) groups is 1. The minimum atomic E-state index is -3.47. The van der Waals surface area contributed by atoms with Crippen molar-refractivity contribution in [1.29, 1.82) is 0 Å². The van der Waals surface area contributed by atoms with Gasteiger partial charge < -0.3 is 4.90 Å². The fourth-order valence-electron chi connectivity index (χ4n) is 2.63. The lowest BCUT2D eigenvalue weighted by atomic mass is 10.1. The summed E-state index contributed by atoms with van der Waals surface area (Å²) < 4.78 is 28.0. The first-order valence-electron chi connectivity index (χ1n) is 7.85. The molecule has 1 aliphatic rings. The summed E-state index contributed by atoms with van der Waals surface area (Å²) in [5.74, 6) is 0.132. The van der Waals surface area contributed by atoms with Gasteiger partial charge in [0, 0.05) is 30.4 Å². The highest BCUT2D eigenvalue weighted by Crippen LogP contribution is 2.23. The first-order valence-corrected chi connectivity index (χ1v) is 10.1. The SMILES string of the molecule is CCCN1CCC(NS(=O)(=O)c2ccc(CC)s2)CCC1=O. The van der Waals surface area contributed by atoms with Crippen LogP contribution in [0.1, 0.15) is 44.4 Å². The Hall–Kier alpha value is -0.920. The molecule has 1 amide bonds. The molecule has 1 N–H and O–H groups in total. The summed E-state index contributed by atoms with van der Waals surface area (Å²) in [7, 11) is -3.47. The number of thiophene rings is 1. The fourth-order valence-corrected chi connectivity index (χ4v) is 5.25. The van der Waals surface area contributed by atoms with Crippen molar-refractivity contribution >= 4 is 27.3 Å². The molecule has 1 fully saturated rings. The topological polar surface area (TPSA) is 66.5 Å². The molecule has 0 radical (unpaired) electrons. The second-order valence-corrected chi connectivity index (χ2v) is 8.71. The number of hydrogen-bond donors (Lipinski definition) is 1. The maximum absolute atomic E-state index is 12.4. The highest BCUT2D eigenvalue weighted by atomic mass is 32.2. The first kappa shape index (κ1) is 17.4. The molecule has 22 heavy (non-hydrogen) atoms. The molecule has 5 nitrogen and oxygen atoms in total. The Kier molecular flexibility index (Phi) is 6.00. The third kappa shape index (κ3) is 4.30. The van der Waals surface area contributed by atoms with E-state index in [1.807, 2.05) is 24.8 Å². The highest BCUT2D eigenvalue weighted by molar-refractivity contribution is 7.91. The van der Waals surface area contributed by atoms with Gasteiger partial charge >= 0.3 is 0 Å². The first-order chi connectivity index (χ1) is 10.5. The third-order valence-corrected chi connectivity index (χ3v) is 7.11. The van der Waals surface area contributed by atoms with Crippen molar-refractivity contribution in [3.8, 4) is 0 Å². The van der Waals surface area contributed by atoms with Crippen molar-refractivity contribution < 1.29 is 13.2 Å². The number of likely N-dealkylation sites (tertiary alicyclic amines) is 1. The minimum Gasteiger partial charge on any atom is -0.343 e. The Morgan fingerprint density at radius 3 is 2.73 bits per heavy atom. The number of amides is 1. The lowest BCUT2D eigenvalue weighted by Gasteiger charge is -2.20. The molecule has 0 bridgehead atoms. The summed E-state index contributed by atoms with van der Waals surface area (Å²) in [5.41, 5.74) is 0. The number of nitrogens with zero attached hydrogens (tertiary/aromatic N) is 1.